The van der Waals surface area contributed by atoms with E-state index in [9.17, 15) is 31.5 Å². The van der Waals surface area contributed by atoms with Crippen molar-refractivity contribution in [2.75, 3.05) is 73.0 Å². The van der Waals surface area contributed by atoms with Gasteiger partial charge in [0.05, 0.1) is 31.5 Å². The Bertz CT molecular complexity index is 1620. The average Bonchev–Trinajstić information content (AvgIpc) is 3.49. The van der Waals surface area contributed by atoms with Crippen LogP contribution in [0.4, 0.5) is 0 Å². The standard InChI is InChI=1S/C34H70N2O4S.C33H68N2O4S/c1-7-10-13-16-18-20-23-27-33(30-34(37)40-6)36(29-24-28-35(4)5)41(38,39)31-32(25-21-15-12-9-3)26-22-19-17-14-11-8-2;1-6-9-12-15-17-19-22-26-32(29-33(36)37)35(28-23-27-34(4)5)40(38,39)30-31(24-20-14-11-8-3)25-21-18-16-13-10-7-2/h32-33H,7-31H2,1-6H3;31-32H,6-30H2,1-5H3,(H,36,37). The van der Waals surface area contributed by atoms with Crippen molar-refractivity contribution in [1.29, 1.82) is 0 Å². The highest BCUT2D eigenvalue weighted by Gasteiger charge is 2.35. The SMILES string of the molecule is CCCCCCCCCC(CC(=O)O)N(CCCN(C)C)S(=O)(=O)CC(CCCCCC)CCCCCCCC.CCCCCCCCCC(CC(=O)OC)N(CCCN(C)C)S(=O)(=O)CC(CCCCCC)CCCCCCCC. The Morgan fingerprint density at radius 1 is 0.358 bits per heavy atom. The molecule has 0 aliphatic heterocycles. The summed E-state index contributed by atoms with van der Waals surface area (Å²) in [5.41, 5.74) is 0. The van der Waals surface area contributed by atoms with E-state index in [0.29, 0.717) is 19.5 Å². The Hall–Kier alpha value is -1.32. The molecule has 486 valence electrons. The van der Waals surface area contributed by atoms with E-state index in [-0.39, 0.29) is 48.2 Å². The van der Waals surface area contributed by atoms with Crippen molar-refractivity contribution in [3.05, 3.63) is 0 Å². The van der Waals surface area contributed by atoms with Crippen molar-refractivity contribution in [1.82, 2.24) is 18.4 Å². The number of aliphatic carboxylic acids is 1. The molecule has 0 bridgehead atoms. The van der Waals surface area contributed by atoms with E-state index >= 15 is 0 Å². The monoisotopic (exact) mass is 1190 g/mol. The molecule has 0 aromatic carbocycles. The van der Waals surface area contributed by atoms with Crippen LogP contribution >= 0.6 is 0 Å². The van der Waals surface area contributed by atoms with Crippen molar-refractivity contribution in [2.45, 2.75) is 336 Å². The summed E-state index contributed by atoms with van der Waals surface area (Å²) in [5, 5.41) is 9.74. The van der Waals surface area contributed by atoms with Gasteiger partial charge in [0.1, 0.15) is 0 Å². The van der Waals surface area contributed by atoms with Gasteiger partial charge < -0.3 is 19.6 Å². The average molecular weight is 1190 g/mol. The molecule has 12 nitrogen and oxygen atoms in total. The van der Waals surface area contributed by atoms with Crippen molar-refractivity contribution in [3.63, 3.8) is 0 Å². The smallest absolute Gasteiger partial charge is 0.307 e. The summed E-state index contributed by atoms with van der Waals surface area (Å²) in [7, 11) is 2.38. The summed E-state index contributed by atoms with van der Waals surface area (Å²) in [6, 6.07) is -0.768. The Morgan fingerprint density at radius 2 is 0.605 bits per heavy atom. The third-order valence-corrected chi connectivity index (χ3v) is 20.8. The highest BCUT2D eigenvalue weighted by Crippen LogP contribution is 2.28. The third-order valence-electron chi connectivity index (χ3n) is 16.6. The van der Waals surface area contributed by atoms with E-state index in [4.69, 9.17) is 4.74 Å². The van der Waals surface area contributed by atoms with Gasteiger partial charge in [0, 0.05) is 25.2 Å². The maximum absolute atomic E-state index is 14.2. The molecule has 1 N–H and O–H groups in total. The van der Waals surface area contributed by atoms with E-state index in [1.165, 1.54) is 161 Å². The number of nitrogens with zero attached hydrogens (tertiary/aromatic N) is 4. The van der Waals surface area contributed by atoms with Crippen LogP contribution in [0.25, 0.3) is 0 Å². The Balaban J connectivity index is 0. The Kier molecular flexibility index (Phi) is 57.0. The topological polar surface area (TPSA) is 145 Å². The fraction of sp³-hybridized carbons (Fsp3) is 0.970. The molecule has 0 spiro atoms. The zero-order valence-corrected chi connectivity index (χ0v) is 57.2. The van der Waals surface area contributed by atoms with Crippen molar-refractivity contribution in [3.8, 4) is 0 Å². The molecule has 81 heavy (non-hydrogen) atoms. The quantitative estimate of drug-likeness (QED) is 0.0461. The van der Waals surface area contributed by atoms with Gasteiger partial charge in [0.15, 0.2) is 0 Å². The number of unbranched alkanes of at least 4 members (excludes halogenated alkanes) is 28. The van der Waals surface area contributed by atoms with E-state index in [1.54, 1.807) is 8.61 Å². The fourth-order valence-corrected chi connectivity index (χ4v) is 15.9. The van der Waals surface area contributed by atoms with Crippen LogP contribution in [0.5, 0.6) is 0 Å². The number of ether oxygens (including phenoxy) is 1. The molecule has 0 radical (unpaired) electrons. The molecule has 4 unspecified atom stereocenters. The second-order valence-corrected chi connectivity index (χ2v) is 29.1. The number of sulfonamides is 2. The summed E-state index contributed by atoms with van der Waals surface area (Å²) in [6.07, 6.45) is 47.0. The molecule has 0 heterocycles. The van der Waals surface area contributed by atoms with Crippen LogP contribution in [0.1, 0.15) is 324 Å². The van der Waals surface area contributed by atoms with Gasteiger partial charge in [-0.25, -0.2) is 16.8 Å². The zero-order chi connectivity index (χ0) is 60.8. The lowest BCUT2D eigenvalue weighted by molar-refractivity contribution is -0.142. The molecule has 0 saturated carbocycles. The Morgan fingerprint density at radius 3 is 0.864 bits per heavy atom. The molecule has 0 aliphatic carbocycles. The second kappa shape index (κ2) is 56.5. The predicted octanol–water partition coefficient (Wildman–Crippen LogP) is 17.9. The van der Waals surface area contributed by atoms with Gasteiger partial charge in [-0.15, -0.1) is 0 Å². The lowest BCUT2D eigenvalue weighted by atomic mass is 9.96. The minimum atomic E-state index is -3.56. The summed E-state index contributed by atoms with van der Waals surface area (Å²) >= 11 is 0. The maximum atomic E-state index is 14.2. The van der Waals surface area contributed by atoms with Crippen molar-refractivity contribution < 1.29 is 36.3 Å². The molecule has 0 aromatic heterocycles. The van der Waals surface area contributed by atoms with Crippen molar-refractivity contribution >= 4 is 32.0 Å². The number of hydrogen-bond acceptors (Lipinski definition) is 9. The zero-order valence-electron chi connectivity index (χ0n) is 55.6. The van der Waals surface area contributed by atoms with Crippen LogP contribution < -0.4 is 0 Å². The molecule has 0 amide bonds. The number of rotatable bonds is 60. The van der Waals surface area contributed by atoms with E-state index in [1.807, 2.05) is 28.2 Å². The first kappa shape index (κ1) is 81.7. The van der Waals surface area contributed by atoms with Gasteiger partial charge in [-0.3, -0.25) is 9.59 Å². The van der Waals surface area contributed by atoms with Gasteiger partial charge in [0.25, 0.3) is 0 Å². The number of methoxy groups -OCH3 is 1. The van der Waals surface area contributed by atoms with Crippen LogP contribution in [0, 0.1) is 11.8 Å². The van der Waals surface area contributed by atoms with Gasteiger partial charge in [-0.1, -0.05) is 260 Å². The van der Waals surface area contributed by atoms with Gasteiger partial charge >= 0.3 is 11.9 Å². The predicted molar refractivity (Wildman–Crippen MR) is 349 cm³/mol. The van der Waals surface area contributed by atoms with Gasteiger partial charge in [-0.2, -0.15) is 8.61 Å². The fourth-order valence-electron chi connectivity index (χ4n) is 11.6. The van der Waals surface area contributed by atoms with Gasteiger partial charge in [0.2, 0.25) is 20.0 Å². The maximum Gasteiger partial charge on any atom is 0.307 e. The first-order valence-corrected chi connectivity index (χ1v) is 37.7. The first-order valence-electron chi connectivity index (χ1n) is 34.5. The molecule has 0 aromatic rings. The molecule has 0 rings (SSSR count). The molecule has 4 atom stereocenters. The van der Waals surface area contributed by atoms with E-state index in [0.717, 1.165) is 122 Å². The highest BCUT2D eigenvalue weighted by atomic mass is 32.2. The van der Waals surface area contributed by atoms with E-state index in [2.05, 4.69) is 51.3 Å². The van der Waals surface area contributed by atoms with Crippen LogP contribution in [0.3, 0.4) is 0 Å². The number of carboxylic acids is 1. The van der Waals surface area contributed by atoms with Crippen molar-refractivity contribution in [2.24, 2.45) is 11.8 Å². The molecule has 14 heteroatoms. The molecule has 0 fully saturated rings. The largest absolute Gasteiger partial charge is 0.481 e. The Labute approximate surface area is 505 Å². The van der Waals surface area contributed by atoms with E-state index < -0.39 is 32.1 Å². The van der Waals surface area contributed by atoms with Crippen LogP contribution in [-0.4, -0.2) is 137 Å². The van der Waals surface area contributed by atoms with Crippen LogP contribution in [-0.2, 0) is 34.4 Å². The highest BCUT2D eigenvalue weighted by molar-refractivity contribution is 7.89. The summed E-state index contributed by atoms with van der Waals surface area (Å²) in [5.74, 6) is -0.475. The molecular weight excluding hydrogens is 1050 g/mol. The number of carbonyl (C=O) groups is 2. The minimum Gasteiger partial charge on any atom is -0.481 e. The summed E-state index contributed by atoms with van der Waals surface area (Å²) in [4.78, 5) is 28.5. The minimum absolute atomic E-state index is 0.102. The summed E-state index contributed by atoms with van der Waals surface area (Å²) in [6.45, 7) is 15.8. The normalized spacial score (nSPS) is 13.7. The second-order valence-electron chi connectivity index (χ2n) is 25.1. The first-order chi connectivity index (χ1) is 38.9. The lowest BCUT2D eigenvalue weighted by Gasteiger charge is -2.32. The number of hydrogen-bond donors (Lipinski definition) is 1. The van der Waals surface area contributed by atoms with Crippen LogP contribution in [0.15, 0.2) is 0 Å². The lowest BCUT2D eigenvalue weighted by Crippen LogP contribution is -2.45. The third kappa shape index (κ3) is 49.5. The molecular formula is C67H138N4O8S2. The molecule has 0 aliphatic rings. The number of carboxylic acid groups (broad SMARTS) is 1. The van der Waals surface area contributed by atoms with Gasteiger partial charge in [-0.05, 0) is 104 Å². The van der Waals surface area contributed by atoms with Crippen LogP contribution in [0.2, 0.25) is 0 Å². The number of carbonyl (C=O) groups excluding carboxylic acids is 1. The number of esters is 1. The molecule has 0 saturated heterocycles. The summed E-state index contributed by atoms with van der Waals surface area (Å²) < 4.78 is 64.8.